The van der Waals surface area contributed by atoms with E-state index in [4.69, 9.17) is 9.47 Å². The molecule has 2 N–H and O–H groups in total. The maximum absolute atomic E-state index is 13.3. The predicted molar refractivity (Wildman–Crippen MR) is 132 cm³/mol. The van der Waals surface area contributed by atoms with Crippen molar-refractivity contribution >= 4 is 27.5 Å². The number of sulfonamides is 1. The first kappa shape index (κ1) is 22.9. The Labute approximate surface area is 204 Å². The molecule has 5 rings (SSSR count). The van der Waals surface area contributed by atoms with Crippen molar-refractivity contribution in [2.45, 2.75) is 37.0 Å². The van der Waals surface area contributed by atoms with Crippen LogP contribution in [0.1, 0.15) is 32.3 Å². The van der Waals surface area contributed by atoms with Crippen molar-refractivity contribution in [2.24, 2.45) is 0 Å². The minimum atomic E-state index is -3.97. The van der Waals surface area contributed by atoms with Gasteiger partial charge in [0.15, 0.2) is 11.5 Å². The summed E-state index contributed by atoms with van der Waals surface area (Å²) in [7, 11) is -3.97. The second-order valence-corrected chi connectivity index (χ2v) is 10.5. The summed E-state index contributed by atoms with van der Waals surface area (Å²) in [6.45, 7) is 3.23. The van der Waals surface area contributed by atoms with Gasteiger partial charge < -0.3 is 14.8 Å². The van der Waals surface area contributed by atoms with Gasteiger partial charge in [-0.3, -0.25) is 9.59 Å². The zero-order valence-electron chi connectivity index (χ0n) is 19.3. The van der Waals surface area contributed by atoms with Crippen molar-refractivity contribution in [3.8, 4) is 22.6 Å². The van der Waals surface area contributed by atoms with Crippen LogP contribution < -0.4 is 19.5 Å². The number of hydrogen-bond acceptors (Lipinski definition) is 6. The maximum atomic E-state index is 13.3. The summed E-state index contributed by atoms with van der Waals surface area (Å²) in [5.41, 5.74) is 3.23. The van der Waals surface area contributed by atoms with Crippen LogP contribution in [0.15, 0.2) is 65.6 Å². The fourth-order valence-electron chi connectivity index (χ4n) is 4.31. The Hall–Kier alpha value is -3.85. The van der Waals surface area contributed by atoms with Crippen LogP contribution in [-0.2, 0) is 25.0 Å². The van der Waals surface area contributed by atoms with E-state index < -0.39 is 21.3 Å². The highest BCUT2D eigenvalue weighted by atomic mass is 32.2. The number of fused-ring (bicyclic) bond motifs is 1. The van der Waals surface area contributed by atoms with E-state index >= 15 is 0 Å². The fraction of sp³-hybridized carbons (Fsp3) is 0.231. The first-order valence-corrected chi connectivity index (χ1v) is 12.6. The van der Waals surface area contributed by atoms with Crippen LogP contribution in [0.2, 0.25) is 0 Å². The molecule has 182 valence electrons. The Morgan fingerprint density at radius 1 is 0.971 bits per heavy atom. The van der Waals surface area contributed by atoms with Crippen molar-refractivity contribution in [1.82, 2.24) is 4.72 Å². The Morgan fingerprint density at radius 2 is 1.74 bits per heavy atom. The number of amides is 2. The van der Waals surface area contributed by atoms with Crippen molar-refractivity contribution in [3.05, 3.63) is 71.8 Å². The van der Waals surface area contributed by atoms with Crippen LogP contribution in [0.4, 0.5) is 5.69 Å². The highest BCUT2D eigenvalue weighted by Gasteiger charge is 2.51. The average molecular weight is 495 g/mol. The van der Waals surface area contributed by atoms with Gasteiger partial charge in [-0.1, -0.05) is 24.3 Å². The molecule has 0 atom stereocenters. The van der Waals surface area contributed by atoms with Gasteiger partial charge in [0.2, 0.25) is 18.6 Å². The molecular formula is C26H26N2O6S. The van der Waals surface area contributed by atoms with Gasteiger partial charge >= 0.3 is 0 Å². The van der Waals surface area contributed by atoms with E-state index in [2.05, 4.69) is 5.32 Å². The molecular weight excluding hydrogens is 468 g/mol. The first-order valence-electron chi connectivity index (χ1n) is 11.1. The molecule has 8 nitrogen and oxygen atoms in total. The van der Waals surface area contributed by atoms with Crippen LogP contribution >= 0.6 is 0 Å². The molecule has 1 saturated carbocycles. The second kappa shape index (κ2) is 8.42. The molecule has 0 unspecified atom stereocenters. The SMILES string of the molecule is CC(=O)NS(=O)(=O)c1cccc(-c2cc(NC(=O)C3(c4ccc5c(c4)OCO5)CC3)ccc2C)c1.[HH]. The number of carbonyl (C=O) groups excluding carboxylic acids is 2. The summed E-state index contributed by atoms with van der Waals surface area (Å²) < 4.78 is 37.7. The number of rotatable bonds is 6. The molecule has 2 amide bonds. The summed E-state index contributed by atoms with van der Waals surface area (Å²) >= 11 is 0. The molecule has 1 aliphatic carbocycles. The third kappa shape index (κ3) is 4.35. The van der Waals surface area contributed by atoms with Crippen molar-refractivity contribution in [2.75, 3.05) is 12.1 Å². The normalized spacial score (nSPS) is 15.4. The molecule has 35 heavy (non-hydrogen) atoms. The van der Waals surface area contributed by atoms with E-state index in [0.717, 1.165) is 36.5 Å². The Bertz CT molecular complexity index is 1470. The topological polar surface area (TPSA) is 111 Å². The molecule has 0 bridgehead atoms. The highest BCUT2D eigenvalue weighted by Crippen LogP contribution is 2.51. The first-order chi connectivity index (χ1) is 16.7. The molecule has 9 heteroatoms. The van der Waals surface area contributed by atoms with Crippen molar-refractivity contribution in [3.63, 3.8) is 0 Å². The number of carbonyl (C=O) groups is 2. The summed E-state index contributed by atoms with van der Waals surface area (Å²) in [6, 6.07) is 17.5. The van der Waals surface area contributed by atoms with Crippen LogP contribution in [0.3, 0.4) is 0 Å². The van der Waals surface area contributed by atoms with Gasteiger partial charge in [0, 0.05) is 14.0 Å². The van der Waals surface area contributed by atoms with Gasteiger partial charge in [-0.15, -0.1) is 0 Å². The zero-order chi connectivity index (χ0) is 24.8. The van der Waals surface area contributed by atoms with E-state index in [1.807, 2.05) is 48.0 Å². The van der Waals surface area contributed by atoms with Crippen LogP contribution in [-0.4, -0.2) is 27.0 Å². The number of nitrogens with one attached hydrogen (secondary N) is 2. The quantitative estimate of drug-likeness (QED) is 0.533. The van der Waals surface area contributed by atoms with E-state index in [1.54, 1.807) is 12.1 Å². The average Bonchev–Trinajstić information content (AvgIpc) is 3.50. The van der Waals surface area contributed by atoms with Gasteiger partial charge in [0.1, 0.15) is 0 Å². The minimum Gasteiger partial charge on any atom is -0.454 e. The van der Waals surface area contributed by atoms with Gasteiger partial charge in [-0.05, 0) is 78.4 Å². The van der Waals surface area contributed by atoms with Crippen LogP contribution in [0.25, 0.3) is 11.1 Å². The lowest BCUT2D eigenvalue weighted by atomic mass is 9.94. The van der Waals surface area contributed by atoms with Gasteiger partial charge in [-0.2, -0.15) is 0 Å². The summed E-state index contributed by atoms with van der Waals surface area (Å²) in [4.78, 5) is 24.6. The standard InChI is InChI=1S/C26H24N2O6S.H2/c1-16-6-8-20(14-22(16)18-4-3-5-21(12-18)35(31,32)28-17(2)29)27-25(30)26(10-11-26)19-7-9-23-24(13-19)34-15-33-23;/h3-9,12-14H,10-11,15H2,1-2H3,(H,27,30)(H,28,29);1H. The molecule has 3 aromatic rings. The monoisotopic (exact) mass is 494 g/mol. The lowest BCUT2D eigenvalue weighted by Crippen LogP contribution is -2.28. The summed E-state index contributed by atoms with van der Waals surface area (Å²) in [6.07, 6.45) is 1.47. The Balaban J connectivity index is 0.00000304. The number of benzene rings is 3. The summed E-state index contributed by atoms with van der Waals surface area (Å²) in [5, 5.41) is 3.03. The van der Waals surface area contributed by atoms with E-state index in [9.17, 15) is 18.0 Å². The minimum absolute atomic E-state index is 0. The maximum Gasteiger partial charge on any atom is 0.264 e. The number of ether oxygens (including phenoxy) is 2. The molecule has 0 spiro atoms. The third-order valence-electron chi connectivity index (χ3n) is 6.34. The molecule has 0 saturated heterocycles. The molecule has 2 aliphatic rings. The Morgan fingerprint density at radius 3 is 2.49 bits per heavy atom. The summed E-state index contributed by atoms with van der Waals surface area (Å²) in [5.74, 6) is 0.560. The number of hydrogen-bond donors (Lipinski definition) is 2. The van der Waals surface area contributed by atoms with E-state index in [-0.39, 0.29) is 19.0 Å². The Kier molecular flexibility index (Phi) is 5.52. The lowest BCUT2D eigenvalue weighted by molar-refractivity contribution is -0.118. The van der Waals surface area contributed by atoms with Crippen molar-refractivity contribution in [1.29, 1.82) is 0 Å². The van der Waals surface area contributed by atoms with E-state index in [0.29, 0.717) is 22.7 Å². The molecule has 1 aliphatic heterocycles. The number of aryl methyl sites for hydroxylation is 1. The molecule has 3 aromatic carbocycles. The predicted octanol–water partition coefficient (Wildman–Crippen LogP) is 4.13. The van der Waals surface area contributed by atoms with Gasteiger partial charge in [-0.25, -0.2) is 13.1 Å². The fourth-order valence-corrected chi connectivity index (χ4v) is 5.34. The van der Waals surface area contributed by atoms with Crippen molar-refractivity contribution < 1.29 is 28.9 Å². The van der Waals surface area contributed by atoms with Crippen LogP contribution in [0, 0.1) is 6.92 Å². The molecule has 0 aromatic heterocycles. The lowest BCUT2D eigenvalue weighted by Gasteiger charge is -2.17. The zero-order valence-corrected chi connectivity index (χ0v) is 20.1. The third-order valence-corrected chi connectivity index (χ3v) is 7.77. The highest BCUT2D eigenvalue weighted by molar-refractivity contribution is 7.90. The van der Waals surface area contributed by atoms with Gasteiger partial charge in [0.25, 0.3) is 10.0 Å². The molecule has 1 heterocycles. The smallest absolute Gasteiger partial charge is 0.264 e. The molecule has 0 radical (unpaired) electrons. The van der Waals surface area contributed by atoms with Crippen LogP contribution in [0.5, 0.6) is 11.5 Å². The second-order valence-electron chi connectivity index (χ2n) is 8.82. The molecule has 1 fully saturated rings. The number of anilines is 1. The largest absolute Gasteiger partial charge is 0.454 e. The van der Waals surface area contributed by atoms with Gasteiger partial charge in [0.05, 0.1) is 10.3 Å². The van der Waals surface area contributed by atoms with E-state index in [1.165, 1.54) is 12.1 Å².